The Morgan fingerprint density at radius 2 is 1.58 bits per heavy atom. The van der Waals surface area contributed by atoms with Crippen molar-refractivity contribution < 1.29 is 19.7 Å². The normalized spacial score (nSPS) is 22.4. The predicted octanol–water partition coefficient (Wildman–Crippen LogP) is 4.55. The first-order valence-corrected chi connectivity index (χ1v) is 9.27. The maximum Gasteiger partial charge on any atom is 0.311 e. The van der Waals surface area contributed by atoms with Gasteiger partial charge in [-0.15, -0.1) is 0 Å². The van der Waals surface area contributed by atoms with Crippen molar-refractivity contribution in [2.75, 3.05) is 0 Å². The minimum absolute atomic E-state index is 0.0721. The van der Waals surface area contributed by atoms with E-state index in [0.29, 0.717) is 12.8 Å². The average molecular weight is 354 g/mol. The Hall–Kier alpha value is -2.33. The van der Waals surface area contributed by atoms with Crippen LogP contribution in [-0.4, -0.2) is 22.3 Å². The van der Waals surface area contributed by atoms with Crippen molar-refractivity contribution in [2.45, 2.75) is 50.7 Å². The highest BCUT2D eigenvalue weighted by Crippen LogP contribution is 2.37. The first-order chi connectivity index (χ1) is 12.5. The van der Waals surface area contributed by atoms with E-state index in [9.17, 15) is 15.0 Å². The third-order valence-corrected chi connectivity index (χ3v) is 5.30. The fourth-order valence-electron chi connectivity index (χ4n) is 3.80. The van der Waals surface area contributed by atoms with Crippen LogP contribution in [0.25, 0.3) is 0 Å². The molecule has 0 heterocycles. The van der Waals surface area contributed by atoms with Crippen LogP contribution >= 0.6 is 0 Å². The Morgan fingerprint density at radius 3 is 2.15 bits per heavy atom. The van der Waals surface area contributed by atoms with E-state index in [-0.39, 0.29) is 18.1 Å². The molecule has 2 aromatic rings. The van der Waals surface area contributed by atoms with E-state index in [1.54, 1.807) is 0 Å². The maximum absolute atomic E-state index is 11.8. The molecule has 0 saturated heterocycles. The first-order valence-electron chi connectivity index (χ1n) is 9.27. The van der Waals surface area contributed by atoms with Gasteiger partial charge in [0.1, 0.15) is 11.9 Å². The molecule has 26 heavy (non-hydrogen) atoms. The summed E-state index contributed by atoms with van der Waals surface area (Å²) in [4.78, 5) is 11.8. The highest BCUT2D eigenvalue weighted by atomic mass is 16.5. The molecule has 1 aliphatic rings. The molecule has 0 unspecified atom stereocenters. The van der Waals surface area contributed by atoms with Crippen molar-refractivity contribution in [3.05, 3.63) is 65.7 Å². The highest BCUT2D eigenvalue weighted by molar-refractivity contribution is 5.76. The van der Waals surface area contributed by atoms with Crippen molar-refractivity contribution in [3.63, 3.8) is 0 Å². The van der Waals surface area contributed by atoms with Gasteiger partial charge in [-0.1, -0.05) is 42.5 Å². The molecule has 1 fully saturated rings. The lowest BCUT2D eigenvalue weighted by Crippen LogP contribution is -2.27. The van der Waals surface area contributed by atoms with E-state index in [1.165, 1.54) is 0 Å². The summed E-state index contributed by atoms with van der Waals surface area (Å²) in [6.45, 7) is 2.00. The van der Waals surface area contributed by atoms with Gasteiger partial charge in [-0.2, -0.15) is 0 Å². The van der Waals surface area contributed by atoms with E-state index < -0.39 is 11.9 Å². The number of carbonyl (C=O) groups is 1. The van der Waals surface area contributed by atoms with E-state index in [1.807, 2.05) is 61.5 Å². The number of benzene rings is 2. The van der Waals surface area contributed by atoms with E-state index in [4.69, 9.17) is 4.74 Å². The van der Waals surface area contributed by atoms with Crippen LogP contribution in [0.3, 0.4) is 0 Å². The number of hydrogen-bond donors (Lipinski definition) is 2. The summed E-state index contributed by atoms with van der Waals surface area (Å²) < 4.78 is 5.97. The molecule has 1 saturated carbocycles. The van der Waals surface area contributed by atoms with Crippen LogP contribution in [0.2, 0.25) is 0 Å². The maximum atomic E-state index is 11.8. The summed E-state index contributed by atoms with van der Waals surface area (Å²) in [5.74, 6) is -0.514. The van der Waals surface area contributed by atoms with Gasteiger partial charge in [0, 0.05) is 0 Å². The average Bonchev–Trinajstić information content (AvgIpc) is 2.65. The standard InChI is InChI=1S/C22H26O4/c1-15(16-5-3-2-4-6-16)26-20-13-9-18(10-14-20)21(22(24)25)17-7-11-19(23)12-8-17/h2-6,9-10,13-15,17,19,21,23H,7-8,11-12H2,1H3,(H,24,25)/t15-,17?,19?,21-/m1/s1. The molecule has 0 radical (unpaired) electrons. The van der Waals surface area contributed by atoms with Crippen LogP contribution in [0.4, 0.5) is 0 Å². The molecule has 0 bridgehead atoms. The molecular formula is C22H26O4. The van der Waals surface area contributed by atoms with Gasteiger partial charge in [0.15, 0.2) is 0 Å². The van der Waals surface area contributed by atoms with Crippen LogP contribution in [0.5, 0.6) is 5.75 Å². The third-order valence-electron chi connectivity index (χ3n) is 5.30. The van der Waals surface area contributed by atoms with Crippen molar-refractivity contribution in [1.29, 1.82) is 0 Å². The van der Waals surface area contributed by atoms with Gasteiger partial charge in [-0.05, 0) is 61.8 Å². The topological polar surface area (TPSA) is 66.8 Å². The third kappa shape index (κ3) is 4.44. The number of ether oxygens (including phenoxy) is 1. The lowest BCUT2D eigenvalue weighted by Gasteiger charge is -2.30. The number of aliphatic hydroxyl groups excluding tert-OH is 1. The molecule has 3 rings (SSSR count). The summed E-state index contributed by atoms with van der Waals surface area (Å²) in [6.07, 6.45) is 2.52. The zero-order chi connectivity index (χ0) is 18.5. The van der Waals surface area contributed by atoms with E-state index in [2.05, 4.69) is 0 Å². The van der Waals surface area contributed by atoms with Crippen LogP contribution in [0, 0.1) is 5.92 Å². The number of carboxylic acid groups (broad SMARTS) is 1. The summed E-state index contributed by atoms with van der Waals surface area (Å²) in [5.41, 5.74) is 1.90. The second-order valence-corrected chi connectivity index (χ2v) is 7.12. The van der Waals surface area contributed by atoms with Crippen LogP contribution < -0.4 is 4.74 Å². The highest BCUT2D eigenvalue weighted by Gasteiger charge is 2.32. The van der Waals surface area contributed by atoms with Crippen molar-refractivity contribution in [3.8, 4) is 5.75 Å². The summed E-state index contributed by atoms with van der Waals surface area (Å²) >= 11 is 0. The number of aliphatic carboxylic acids is 1. The van der Waals surface area contributed by atoms with Crippen LogP contribution in [0.1, 0.15) is 55.8 Å². The van der Waals surface area contributed by atoms with Crippen molar-refractivity contribution in [1.82, 2.24) is 0 Å². The second-order valence-electron chi connectivity index (χ2n) is 7.12. The van der Waals surface area contributed by atoms with Gasteiger partial charge in [-0.25, -0.2) is 0 Å². The molecule has 0 aromatic heterocycles. The molecule has 1 aliphatic carbocycles. The van der Waals surface area contributed by atoms with Gasteiger partial charge in [0.25, 0.3) is 0 Å². The molecule has 0 spiro atoms. The molecule has 2 atom stereocenters. The molecule has 4 nitrogen and oxygen atoms in total. The Morgan fingerprint density at radius 1 is 0.962 bits per heavy atom. The lowest BCUT2D eigenvalue weighted by atomic mass is 9.76. The van der Waals surface area contributed by atoms with Crippen LogP contribution in [-0.2, 0) is 4.79 Å². The number of carboxylic acids is 1. The molecule has 4 heteroatoms. The monoisotopic (exact) mass is 354 g/mol. The van der Waals surface area contributed by atoms with Crippen LogP contribution in [0.15, 0.2) is 54.6 Å². The van der Waals surface area contributed by atoms with Gasteiger partial charge < -0.3 is 14.9 Å². The molecule has 2 N–H and O–H groups in total. The minimum Gasteiger partial charge on any atom is -0.486 e. The molecular weight excluding hydrogens is 328 g/mol. The minimum atomic E-state index is -0.794. The lowest BCUT2D eigenvalue weighted by molar-refractivity contribution is -0.140. The number of aliphatic hydroxyl groups is 1. The largest absolute Gasteiger partial charge is 0.486 e. The number of hydrogen-bond acceptors (Lipinski definition) is 3. The molecule has 138 valence electrons. The summed E-state index contributed by atoms with van der Waals surface area (Å²) in [7, 11) is 0. The van der Waals surface area contributed by atoms with Gasteiger partial charge >= 0.3 is 5.97 Å². The first kappa shape index (κ1) is 18.5. The van der Waals surface area contributed by atoms with E-state index >= 15 is 0 Å². The Bertz CT molecular complexity index is 703. The predicted molar refractivity (Wildman–Crippen MR) is 100 cm³/mol. The SMILES string of the molecule is C[C@@H](Oc1ccc([C@H](C(=O)O)C2CCC(O)CC2)cc1)c1ccccc1. The van der Waals surface area contributed by atoms with Gasteiger partial charge in [-0.3, -0.25) is 4.79 Å². The van der Waals surface area contributed by atoms with Crippen molar-refractivity contribution >= 4 is 5.97 Å². The Labute approximate surface area is 154 Å². The zero-order valence-electron chi connectivity index (χ0n) is 15.0. The fraction of sp³-hybridized carbons (Fsp3) is 0.409. The molecule has 2 aromatic carbocycles. The quantitative estimate of drug-likeness (QED) is 0.799. The summed E-state index contributed by atoms with van der Waals surface area (Å²) in [6, 6.07) is 17.4. The van der Waals surface area contributed by atoms with E-state index in [0.717, 1.165) is 29.7 Å². The smallest absolute Gasteiger partial charge is 0.311 e. The van der Waals surface area contributed by atoms with Crippen molar-refractivity contribution in [2.24, 2.45) is 5.92 Å². The molecule has 0 aliphatic heterocycles. The fourth-order valence-corrected chi connectivity index (χ4v) is 3.80. The Balaban J connectivity index is 1.70. The molecule has 0 amide bonds. The second kappa shape index (κ2) is 8.37. The summed E-state index contributed by atoms with van der Waals surface area (Å²) in [5, 5.41) is 19.4. The van der Waals surface area contributed by atoms with Gasteiger partial charge in [0.2, 0.25) is 0 Å². The Kier molecular flexibility index (Phi) is 5.94. The zero-order valence-corrected chi connectivity index (χ0v) is 15.0. The van der Waals surface area contributed by atoms with Gasteiger partial charge in [0.05, 0.1) is 12.0 Å². The number of rotatable bonds is 6.